The highest BCUT2D eigenvalue weighted by Gasteiger charge is 2.70. The highest BCUT2D eigenvalue weighted by atomic mass is 31.1. The Balaban J connectivity index is 2.34. The first kappa shape index (κ1) is 26.4. The van der Waals surface area contributed by atoms with Crippen LogP contribution in [0.4, 0.5) is 4.39 Å². The average Bonchev–Trinajstić information content (AvgIpc) is 2.81. The summed E-state index contributed by atoms with van der Waals surface area (Å²) in [6, 6.07) is 17.7. The van der Waals surface area contributed by atoms with E-state index in [1.807, 2.05) is 30.3 Å². The van der Waals surface area contributed by atoms with Crippen LogP contribution in [0.2, 0.25) is 0 Å². The number of carboxylic acids is 1. The number of aromatic nitrogens is 1. The maximum Gasteiger partial charge on any atom is 0.531 e. The fourth-order valence-corrected chi connectivity index (χ4v) is 4.90. The molecule has 35 heavy (non-hydrogen) atoms. The number of hydrogen-bond acceptors (Lipinski definition) is 4. The summed E-state index contributed by atoms with van der Waals surface area (Å²) in [6.07, 6.45) is 2.18. The van der Waals surface area contributed by atoms with Gasteiger partial charge in [0.1, 0.15) is 5.82 Å². The van der Waals surface area contributed by atoms with Crippen LogP contribution in [0.25, 0.3) is 11.3 Å². The van der Waals surface area contributed by atoms with Gasteiger partial charge < -0.3 is 10.2 Å². The molecule has 0 bridgehead atoms. The molecule has 1 aromatic heterocycles. The lowest BCUT2D eigenvalue weighted by Gasteiger charge is -2.34. The summed E-state index contributed by atoms with van der Waals surface area (Å²) in [5.74, 6) is -2.33. The molecule has 6 nitrogen and oxygen atoms in total. The molecule has 0 radical (unpaired) electrons. The number of benzene rings is 2. The molecule has 8 heteroatoms. The van der Waals surface area contributed by atoms with Crippen molar-refractivity contribution in [1.29, 1.82) is 0 Å². The quantitative estimate of drug-likeness (QED) is 0.271. The van der Waals surface area contributed by atoms with Gasteiger partial charge in [0.25, 0.3) is 0 Å². The molecule has 182 valence electrons. The fraction of sp³-hybridized carbons (Fsp3) is 0.259. The van der Waals surface area contributed by atoms with E-state index in [0.29, 0.717) is 16.8 Å². The minimum atomic E-state index is -3.51. The molecule has 0 saturated heterocycles. The topological polar surface area (TPSA) is 108 Å². The van der Waals surface area contributed by atoms with E-state index < -0.39 is 30.6 Å². The highest BCUT2D eigenvalue weighted by Crippen LogP contribution is 2.52. The van der Waals surface area contributed by atoms with Crippen LogP contribution >= 0.6 is 8.03 Å². The average molecular weight is 496 g/mol. The normalized spacial score (nSPS) is 15.6. The van der Waals surface area contributed by atoms with Crippen molar-refractivity contribution in [2.24, 2.45) is 5.92 Å². The predicted molar refractivity (Wildman–Crippen MR) is 133 cm³/mol. The van der Waals surface area contributed by atoms with Gasteiger partial charge >= 0.3 is 19.2 Å². The Morgan fingerprint density at radius 2 is 1.80 bits per heavy atom. The van der Waals surface area contributed by atoms with Crippen molar-refractivity contribution in [2.75, 3.05) is 0 Å². The zero-order chi connectivity index (χ0) is 25.8. The molecule has 3 rings (SSSR count). The minimum Gasteiger partial charge on any atom is -0.477 e. The molecule has 0 saturated carbocycles. The minimum absolute atomic E-state index is 0.0872. The van der Waals surface area contributed by atoms with Crippen molar-refractivity contribution >= 4 is 14.0 Å². The van der Waals surface area contributed by atoms with E-state index in [4.69, 9.17) is 0 Å². The Hall–Kier alpha value is -3.25. The highest BCUT2D eigenvalue weighted by molar-refractivity contribution is 7.42. The third kappa shape index (κ3) is 5.22. The SMILES string of the molecule is Cc1cc(F)ccc1CC(O)(c1cccc(-c2ccccc2)n1)C(C=CC(C)C)(C(=O)O)[P+](=O)O. The molecule has 1 heterocycles. The first-order chi connectivity index (χ1) is 16.5. The molecular weight excluding hydrogens is 468 g/mol. The number of hydrogen-bond donors (Lipinski definition) is 3. The zero-order valence-corrected chi connectivity index (χ0v) is 20.6. The summed E-state index contributed by atoms with van der Waals surface area (Å²) in [5, 5.41) is 19.9. The van der Waals surface area contributed by atoms with Gasteiger partial charge in [-0.25, -0.2) is 14.2 Å². The fourth-order valence-electron chi connectivity index (χ4n) is 4.01. The number of aryl methyl sites for hydroxylation is 1. The maximum absolute atomic E-state index is 13.8. The van der Waals surface area contributed by atoms with Gasteiger partial charge in [0.05, 0.1) is 11.4 Å². The number of pyridine rings is 1. The third-order valence-electron chi connectivity index (χ3n) is 5.97. The van der Waals surface area contributed by atoms with Crippen LogP contribution < -0.4 is 0 Å². The van der Waals surface area contributed by atoms with Gasteiger partial charge in [-0.2, -0.15) is 4.89 Å². The van der Waals surface area contributed by atoms with Crippen molar-refractivity contribution in [3.63, 3.8) is 0 Å². The van der Waals surface area contributed by atoms with Crippen molar-refractivity contribution in [3.8, 4) is 11.3 Å². The number of allylic oxidation sites excluding steroid dienone is 1. The van der Waals surface area contributed by atoms with E-state index in [2.05, 4.69) is 4.98 Å². The van der Waals surface area contributed by atoms with Crippen LogP contribution in [0.5, 0.6) is 0 Å². The molecule has 0 aliphatic rings. The van der Waals surface area contributed by atoms with Crippen LogP contribution in [0, 0.1) is 18.7 Å². The number of carboxylic acid groups (broad SMARTS) is 1. The summed E-state index contributed by atoms with van der Waals surface area (Å²) in [6.45, 7) is 5.19. The van der Waals surface area contributed by atoms with Crippen molar-refractivity contribution < 1.29 is 28.9 Å². The third-order valence-corrected chi connectivity index (χ3v) is 7.29. The van der Waals surface area contributed by atoms with Crippen LogP contribution in [0.3, 0.4) is 0 Å². The van der Waals surface area contributed by atoms with Gasteiger partial charge in [-0.05, 0) is 58.9 Å². The van der Waals surface area contributed by atoms with Gasteiger partial charge in [-0.15, -0.1) is 0 Å². The molecule has 0 amide bonds. The van der Waals surface area contributed by atoms with Gasteiger partial charge in [0.2, 0.25) is 0 Å². The van der Waals surface area contributed by atoms with Crippen LogP contribution in [-0.2, 0) is 21.4 Å². The van der Waals surface area contributed by atoms with Gasteiger partial charge in [0.15, 0.2) is 5.60 Å². The first-order valence-corrected chi connectivity index (χ1v) is 12.3. The van der Waals surface area contributed by atoms with E-state index in [1.54, 1.807) is 32.9 Å². The lowest BCUT2D eigenvalue weighted by atomic mass is 9.77. The van der Waals surface area contributed by atoms with Crippen molar-refractivity contribution in [1.82, 2.24) is 4.98 Å². The second kappa shape index (κ2) is 10.6. The first-order valence-electron chi connectivity index (χ1n) is 11.1. The smallest absolute Gasteiger partial charge is 0.477 e. The molecule has 3 N–H and O–H groups in total. The van der Waals surface area contributed by atoms with E-state index in [-0.39, 0.29) is 18.0 Å². The molecule has 3 unspecified atom stereocenters. The summed E-state index contributed by atoms with van der Waals surface area (Å²) >= 11 is 0. The number of aliphatic carboxylic acids is 1. The molecule has 3 aromatic rings. The lowest BCUT2D eigenvalue weighted by molar-refractivity contribution is -0.147. The largest absolute Gasteiger partial charge is 0.531 e. The maximum atomic E-state index is 13.8. The van der Waals surface area contributed by atoms with E-state index in [0.717, 1.165) is 11.6 Å². The second-order valence-corrected chi connectivity index (χ2v) is 10.1. The second-order valence-electron chi connectivity index (χ2n) is 8.83. The Labute approximate surface area is 204 Å². The molecule has 0 spiro atoms. The summed E-state index contributed by atoms with van der Waals surface area (Å²) < 4.78 is 26.6. The summed E-state index contributed by atoms with van der Waals surface area (Å²) in [4.78, 5) is 27.7. The van der Waals surface area contributed by atoms with E-state index in [1.165, 1.54) is 30.3 Å². The molecule has 2 aromatic carbocycles. The monoisotopic (exact) mass is 496 g/mol. The summed E-state index contributed by atoms with van der Waals surface area (Å²) in [5.41, 5.74) is -0.487. The van der Waals surface area contributed by atoms with Crippen molar-refractivity contribution in [3.05, 3.63) is 102 Å². The van der Waals surface area contributed by atoms with Crippen molar-refractivity contribution in [2.45, 2.75) is 37.9 Å². The standard InChI is InChI=1S/C27H27FNO5P/c1-18(2)14-15-27(25(30)31,35(33)34)26(32,17-21-12-13-22(28)16-19(21)3)24-11-7-10-23(29-24)20-8-5-4-6-9-20/h4-16,18,32H,17H2,1-3H3,(H-,30,31,33,34)/p+1. The number of rotatable bonds is 9. The van der Waals surface area contributed by atoms with Gasteiger partial charge in [-0.3, -0.25) is 0 Å². The number of halogens is 1. The van der Waals surface area contributed by atoms with Gasteiger partial charge in [0, 0.05) is 12.0 Å². The Kier molecular flexibility index (Phi) is 7.96. The Bertz CT molecular complexity index is 1250. The number of aliphatic hydroxyl groups is 1. The predicted octanol–water partition coefficient (Wildman–Crippen LogP) is 5.40. The zero-order valence-electron chi connectivity index (χ0n) is 19.7. The molecular formula is C27H28FNO5P+. The molecule has 3 atom stereocenters. The molecule has 0 aliphatic heterocycles. The number of carbonyl (C=O) groups is 1. The lowest BCUT2D eigenvalue weighted by Crippen LogP contribution is -2.55. The van der Waals surface area contributed by atoms with Crippen LogP contribution in [0.15, 0.2) is 78.9 Å². The Morgan fingerprint density at radius 3 is 2.37 bits per heavy atom. The van der Waals surface area contributed by atoms with Crippen LogP contribution in [-0.4, -0.2) is 31.2 Å². The molecule has 0 aliphatic carbocycles. The number of nitrogens with zero attached hydrogens (tertiary/aromatic N) is 1. The van der Waals surface area contributed by atoms with Crippen LogP contribution in [0.1, 0.15) is 30.7 Å². The molecule has 0 fully saturated rings. The summed E-state index contributed by atoms with van der Waals surface area (Å²) in [7, 11) is -3.51. The van der Waals surface area contributed by atoms with Gasteiger partial charge in [-0.1, -0.05) is 62.4 Å². The van der Waals surface area contributed by atoms with E-state index >= 15 is 0 Å². The van der Waals surface area contributed by atoms with E-state index in [9.17, 15) is 28.9 Å². The Morgan fingerprint density at radius 1 is 1.11 bits per heavy atom.